The van der Waals surface area contributed by atoms with Crippen LogP contribution in [0.1, 0.15) is 70.6 Å². The van der Waals surface area contributed by atoms with Crippen LogP contribution in [0.25, 0.3) is 0 Å². The molecule has 0 bridgehead atoms. The fraction of sp³-hybridized carbons (Fsp3) is 0.897. The summed E-state index contributed by atoms with van der Waals surface area (Å²) in [5.74, 6) is -0.852. The Hall–Kier alpha value is 0.140. The SMILES string of the molecule is II.O=C(COCCOCCOCCOCCOCCOCCOCCCCCCCCCCCS)ON1C(=O)CCC1=O. The third kappa shape index (κ3) is 29.5. The Morgan fingerprint density at radius 1 is 0.523 bits per heavy atom. The highest BCUT2D eigenvalue weighted by Crippen LogP contribution is 2.12. The molecular weight excluding hydrogens is 824 g/mol. The van der Waals surface area contributed by atoms with Crippen molar-refractivity contribution < 1.29 is 52.4 Å². The average molecular weight is 878 g/mol. The Morgan fingerprint density at radius 2 is 0.841 bits per heavy atom. The monoisotopic (exact) mass is 877 g/mol. The van der Waals surface area contributed by atoms with Gasteiger partial charge in [0.05, 0.1) is 79.3 Å². The minimum Gasteiger partial charge on any atom is -0.379 e. The van der Waals surface area contributed by atoms with Crippen LogP contribution in [0.2, 0.25) is 0 Å². The maximum absolute atomic E-state index is 11.6. The normalized spacial score (nSPS) is 12.9. The van der Waals surface area contributed by atoms with Crippen LogP contribution < -0.4 is 0 Å². The van der Waals surface area contributed by atoms with Crippen molar-refractivity contribution >= 4 is 67.6 Å². The molecule has 0 radical (unpaired) electrons. The lowest BCUT2D eigenvalue weighted by Gasteiger charge is -2.12. The van der Waals surface area contributed by atoms with Gasteiger partial charge in [0.25, 0.3) is 11.8 Å². The number of rotatable bonds is 32. The zero-order chi connectivity index (χ0) is 32.4. The Kier molecular flexibility index (Phi) is 36.1. The lowest BCUT2D eigenvalue weighted by molar-refractivity contribution is -0.200. The van der Waals surface area contributed by atoms with Gasteiger partial charge in [-0.1, -0.05) is 44.9 Å². The zero-order valence-electron chi connectivity index (χ0n) is 26.0. The predicted octanol–water partition coefficient (Wildman–Crippen LogP) is 4.92. The number of nitrogens with zero attached hydrogens (tertiary/aromatic N) is 1. The molecule has 0 aromatic heterocycles. The van der Waals surface area contributed by atoms with Gasteiger partial charge in [-0.2, -0.15) is 12.6 Å². The third-order valence-electron chi connectivity index (χ3n) is 6.10. The molecule has 1 aliphatic heterocycles. The van der Waals surface area contributed by atoms with Crippen LogP contribution in [0, 0.1) is 0 Å². The molecule has 15 heteroatoms. The van der Waals surface area contributed by atoms with Gasteiger partial charge in [0.15, 0.2) is 0 Å². The predicted molar refractivity (Wildman–Crippen MR) is 186 cm³/mol. The Bertz CT molecular complexity index is 667. The summed E-state index contributed by atoms with van der Waals surface area (Å²) in [6, 6.07) is 0. The van der Waals surface area contributed by atoms with Crippen LogP contribution in [0.5, 0.6) is 0 Å². The van der Waals surface area contributed by atoms with E-state index < -0.39 is 17.8 Å². The standard InChI is InChI=1S/C29H53NO11S.I2/c31-27-10-11-28(32)30(27)41-29(33)26-40-24-23-39-22-21-38-20-19-37-18-17-36-16-15-35-14-13-34-12-8-6-4-2-1-3-5-7-9-25-42;1-2/h42H,1-26H2;. The third-order valence-corrected chi connectivity index (χ3v) is 6.41. The average Bonchev–Trinajstić information content (AvgIpc) is 3.35. The number of hydrogen-bond donors (Lipinski definition) is 1. The molecule has 0 aromatic carbocycles. The van der Waals surface area contributed by atoms with Gasteiger partial charge in [-0.25, -0.2) is 4.79 Å². The Balaban J connectivity index is 0.00000904. The van der Waals surface area contributed by atoms with E-state index in [1.807, 2.05) is 0 Å². The van der Waals surface area contributed by atoms with E-state index in [1.54, 1.807) is 0 Å². The summed E-state index contributed by atoms with van der Waals surface area (Å²) in [4.78, 5) is 39.0. The van der Waals surface area contributed by atoms with Crippen LogP contribution in [-0.4, -0.2) is 121 Å². The van der Waals surface area contributed by atoms with Crippen LogP contribution in [0.4, 0.5) is 0 Å². The highest BCUT2D eigenvalue weighted by molar-refractivity contribution is 15.0. The van der Waals surface area contributed by atoms with E-state index in [9.17, 15) is 14.4 Å². The van der Waals surface area contributed by atoms with E-state index in [1.165, 1.54) is 51.4 Å². The quantitative estimate of drug-likeness (QED) is 0.0429. The van der Waals surface area contributed by atoms with Crippen LogP contribution in [-0.2, 0) is 52.4 Å². The van der Waals surface area contributed by atoms with Crippen molar-refractivity contribution in [3.63, 3.8) is 0 Å². The second-order valence-corrected chi connectivity index (χ2v) is 10.1. The molecule has 0 N–H and O–H groups in total. The molecule has 0 atom stereocenters. The van der Waals surface area contributed by atoms with Gasteiger partial charge in [-0.15, -0.1) is 5.06 Å². The van der Waals surface area contributed by atoms with E-state index >= 15 is 0 Å². The minimum atomic E-state index is -0.810. The number of imide groups is 1. The van der Waals surface area contributed by atoms with Crippen molar-refractivity contribution in [3.05, 3.63) is 0 Å². The first-order valence-corrected chi connectivity index (χ1v) is 22.4. The Labute approximate surface area is 292 Å². The van der Waals surface area contributed by atoms with Gasteiger partial charge < -0.3 is 38.0 Å². The van der Waals surface area contributed by atoms with Gasteiger partial charge in [0.1, 0.15) is 6.61 Å². The number of thiol groups is 1. The maximum Gasteiger partial charge on any atom is 0.358 e. The highest BCUT2D eigenvalue weighted by atomic mass is 128. The number of carbonyl (C=O) groups is 3. The summed E-state index contributed by atoms with van der Waals surface area (Å²) >= 11 is 8.48. The van der Waals surface area contributed by atoms with E-state index in [0.29, 0.717) is 71.1 Å². The molecule has 0 aliphatic carbocycles. The molecule has 1 aliphatic rings. The first-order chi connectivity index (χ1) is 21.6. The summed E-state index contributed by atoms with van der Waals surface area (Å²) in [7, 11) is 0. The lowest BCUT2D eigenvalue weighted by Crippen LogP contribution is -2.33. The van der Waals surface area contributed by atoms with Crippen LogP contribution in [0.3, 0.4) is 0 Å². The molecule has 12 nitrogen and oxygen atoms in total. The highest BCUT2D eigenvalue weighted by Gasteiger charge is 2.32. The maximum atomic E-state index is 11.6. The van der Waals surface area contributed by atoms with Crippen molar-refractivity contribution in [1.29, 1.82) is 0 Å². The van der Waals surface area contributed by atoms with Crippen molar-refractivity contribution in [3.8, 4) is 0 Å². The van der Waals surface area contributed by atoms with Gasteiger partial charge in [0, 0.05) is 56.7 Å². The molecule has 1 fully saturated rings. The van der Waals surface area contributed by atoms with E-state index in [4.69, 9.17) is 33.2 Å². The molecule has 1 saturated heterocycles. The zero-order valence-corrected chi connectivity index (χ0v) is 31.2. The lowest BCUT2D eigenvalue weighted by atomic mass is 10.1. The number of amides is 2. The molecule has 1 rings (SSSR count). The molecule has 260 valence electrons. The molecule has 0 unspecified atom stereocenters. The molecule has 0 spiro atoms. The van der Waals surface area contributed by atoms with Crippen molar-refractivity contribution in [2.75, 3.05) is 98.2 Å². The fourth-order valence-corrected chi connectivity index (χ4v) is 4.04. The molecule has 0 aromatic rings. The smallest absolute Gasteiger partial charge is 0.358 e. The minimum absolute atomic E-state index is 0.0504. The summed E-state index contributed by atoms with van der Waals surface area (Å²) in [5.41, 5.74) is 0. The molecule has 44 heavy (non-hydrogen) atoms. The summed E-state index contributed by atoms with van der Waals surface area (Å²) in [6.07, 6.45) is 11.7. The van der Waals surface area contributed by atoms with Crippen molar-refractivity contribution in [2.45, 2.75) is 70.6 Å². The Morgan fingerprint density at radius 3 is 1.23 bits per heavy atom. The second kappa shape index (κ2) is 36.0. The number of ether oxygens (including phenoxy) is 7. The molecule has 1 heterocycles. The first-order valence-electron chi connectivity index (χ1n) is 15.5. The van der Waals surface area contributed by atoms with Crippen LogP contribution >= 0.6 is 49.9 Å². The number of unbranched alkanes of at least 4 members (excludes halogenated alkanes) is 8. The van der Waals surface area contributed by atoms with Gasteiger partial charge >= 0.3 is 5.97 Å². The largest absolute Gasteiger partial charge is 0.379 e. The van der Waals surface area contributed by atoms with Crippen LogP contribution in [0.15, 0.2) is 0 Å². The first kappa shape index (κ1) is 44.1. The second-order valence-electron chi connectivity index (χ2n) is 9.68. The van der Waals surface area contributed by atoms with Gasteiger partial charge in [-0.3, -0.25) is 9.59 Å². The summed E-state index contributed by atoms with van der Waals surface area (Å²) in [5, 5.41) is 0.489. The fourth-order valence-electron chi connectivity index (χ4n) is 3.81. The number of halogens is 2. The summed E-state index contributed by atoms with van der Waals surface area (Å²) < 4.78 is 37.9. The number of hydroxylamine groups is 2. The van der Waals surface area contributed by atoms with E-state index in [0.717, 1.165) is 18.8 Å². The topological polar surface area (TPSA) is 128 Å². The molecular formula is C29H53I2NO11S. The summed E-state index contributed by atoms with van der Waals surface area (Å²) in [6.45, 7) is 5.78. The van der Waals surface area contributed by atoms with E-state index in [-0.39, 0.29) is 32.7 Å². The molecule has 2 amide bonds. The molecule has 0 saturated carbocycles. The van der Waals surface area contributed by atoms with Gasteiger partial charge in [0.2, 0.25) is 0 Å². The van der Waals surface area contributed by atoms with Crippen molar-refractivity contribution in [1.82, 2.24) is 5.06 Å². The van der Waals surface area contributed by atoms with E-state index in [2.05, 4.69) is 54.7 Å². The van der Waals surface area contributed by atoms with Crippen molar-refractivity contribution in [2.24, 2.45) is 0 Å². The van der Waals surface area contributed by atoms with Gasteiger partial charge in [-0.05, 0) is 18.6 Å². The number of hydrogen-bond acceptors (Lipinski definition) is 12. The number of carbonyl (C=O) groups excluding carboxylic acids is 3.